The highest BCUT2D eigenvalue weighted by molar-refractivity contribution is 7.90. The SMILES string of the molecule is CCc1cc(-c2ccc(CS(=O)(=O)c3ccccc3OC(F)F)nc2C)nc2cnc(NC3CCC(CC(=O)OC(C)(C)C)CC3)nc12. The van der Waals surface area contributed by atoms with Crippen molar-refractivity contribution in [3.8, 4) is 17.0 Å². The Bertz CT molecular complexity index is 1890. The van der Waals surface area contributed by atoms with E-state index in [1.165, 1.54) is 24.3 Å². The van der Waals surface area contributed by atoms with Crippen molar-refractivity contribution >= 4 is 32.8 Å². The van der Waals surface area contributed by atoms with Crippen LogP contribution in [0, 0.1) is 12.8 Å². The first kappa shape index (κ1) is 35.1. The number of halogens is 2. The second-order valence-electron chi connectivity index (χ2n) is 13.1. The fourth-order valence-corrected chi connectivity index (χ4v) is 7.43. The highest BCUT2D eigenvalue weighted by Crippen LogP contribution is 2.32. The summed E-state index contributed by atoms with van der Waals surface area (Å²) in [7, 11) is -4.03. The van der Waals surface area contributed by atoms with E-state index in [1.807, 2.05) is 33.8 Å². The Morgan fingerprint density at radius 3 is 2.44 bits per heavy atom. The van der Waals surface area contributed by atoms with Gasteiger partial charge in [-0.3, -0.25) is 9.78 Å². The molecule has 0 bridgehead atoms. The second kappa shape index (κ2) is 14.5. The molecule has 1 saturated carbocycles. The molecule has 5 rings (SSSR count). The van der Waals surface area contributed by atoms with Crippen molar-refractivity contribution in [1.29, 1.82) is 0 Å². The van der Waals surface area contributed by atoms with Crippen LogP contribution in [0.15, 0.2) is 53.6 Å². The van der Waals surface area contributed by atoms with Gasteiger partial charge in [-0.25, -0.2) is 23.4 Å². The number of anilines is 1. The van der Waals surface area contributed by atoms with Crippen LogP contribution in [0.3, 0.4) is 0 Å². The van der Waals surface area contributed by atoms with E-state index in [2.05, 4.69) is 20.0 Å². The molecular formula is C35H41F2N5O5S. The molecule has 1 N–H and O–H groups in total. The van der Waals surface area contributed by atoms with E-state index in [4.69, 9.17) is 14.7 Å². The van der Waals surface area contributed by atoms with Gasteiger partial charge in [0.1, 0.15) is 21.8 Å². The molecule has 0 radical (unpaired) electrons. The normalized spacial score (nSPS) is 17.0. The summed E-state index contributed by atoms with van der Waals surface area (Å²) in [4.78, 5) is 30.6. The van der Waals surface area contributed by atoms with Crippen molar-refractivity contribution in [1.82, 2.24) is 19.9 Å². The summed E-state index contributed by atoms with van der Waals surface area (Å²) in [6, 6.07) is 10.8. The number of para-hydroxylation sites is 1. The number of hydrogen-bond acceptors (Lipinski definition) is 10. The molecule has 0 amide bonds. The Balaban J connectivity index is 1.28. The first-order chi connectivity index (χ1) is 22.7. The summed E-state index contributed by atoms with van der Waals surface area (Å²) < 4.78 is 61.9. The summed E-state index contributed by atoms with van der Waals surface area (Å²) in [6.45, 7) is 6.29. The average molecular weight is 682 g/mol. The van der Waals surface area contributed by atoms with Crippen LogP contribution in [0.2, 0.25) is 0 Å². The largest absolute Gasteiger partial charge is 0.460 e. The molecule has 256 valence electrons. The van der Waals surface area contributed by atoms with Crippen LogP contribution in [0.5, 0.6) is 5.75 Å². The molecule has 0 saturated heterocycles. The average Bonchev–Trinajstić information content (AvgIpc) is 3.00. The van der Waals surface area contributed by atoms with E-state index in [1.54, 1.807) is 25.3 Å². The number of pyridine rings is 2. The number of fused-ring (bicyclic) bond motifs is 1. The molecule has 10 nitrogen and oxygen atoms in total. The van der Waals surface area contributed by atoms with Crippen LogP contribution in [0.25, 0.3) is 22.3 Å². The molecule has 1 aliphatic rings. The van der Waals surface area contributed by atoms with Crippen LogP contribution >= 0.6 is 0 Å². The topological polar surface area (TPSA) is 133 Å². The van der Waals surface area contributed by atoms with Gasteiger partial charge in [0.25, 0.3) is 0 Å². The number of hydrogen-bond donors (Lipinski definition) is 1. The molecule has 1 aromatic carbocycles. The van der Waals surface area contributed by atoms with Gasteiger partial charge in [-0.05, 0) is 102 Å². The zero-order valence-electron chi connectivity index (χ0n) is 27.8. The molecule has 0 spiro atoms. The number of ether oxygens (including phenoxy) is 2. The molecule has 0 atom stereocenters. The molecule has 13 heteroatoms. The number of nitrogens with zero attached hydrogens (tertiary/aromatic N) is 4. The Kier molecular flexibility index (Phi) is 10.6. The molecule has 3 aromatic heterocycles. The fourth-order valence-electron chi connectivity index (χ4n) is 6.02. The quantitative estimate of drug-likeness (QED) is 0.162. The number of benzene rings is 1. The van der Waals surface area contributed by atoms with Crippen LogP contribution < -0.4 is 10.1 Å². The van der Waals surface area contributed by atoms with Gasteiger partial charge in [-0.2, -0.15) is 8.78 Å². The highest BCUT2D eigenvalue weighted by Gasteiger charge is 2.27. The maximum atomic E-state index is 13.1. The highest BCUT2D eigenvalue weighted by atomic mass is 32.2. The number of aromatic nitrogens is 4. The number of esters is 1. The minimum atomic E-state index is -4.03. The molecule has 3 heterocycles. The van der Waals surface area contributed by atoms with Crippen LogP contribution in [-0.4, -0.2) is 52.6 Å². The lowest BCUT2D eigenvalue weighted by atomic mass is 9.84. The van der Waals surface area contributed by atoms with Gasteiger partial charge in [0.2, 0.25) is 5.95 Å². The molecular weight excluding hydrogens is 640 g/mol. The first-order valence-electron chi connectivity index (χ1n) is 16.1. The number of carbonyl (C=O) groups is 1. The van der Waals surface area contributed by atoms with E-state index in [9.17, 15) is 22.0 Å². The molecule has 48 heavy (non-hydrogen) atoms. The van der Waals surface area contributed by atoms with Crippen molar-refractivity contribution in [2.24, 2.45) is 5.92 Å². The van der Waals surface area contributed by atoms with Crippen molar-refractivity contribution in [2.75, 3.05) is 5.32 Å². The predicted molar refractivity (Wildman–Crippen MR) is 178 cm³/mol. The van der Waals surface area contributed by atoms with E-state index in [-0.39, 0.29) is 22.6 Å². The second-order valence-corrected chi connectivity index (χ2v) is 15.1. The number of aryl methyl sites for hydroxylation is 2. The van der Waals surface area contributed by atoms with Gasteiger partial charge in [0.15, 0.2) is 9.84 Å². The van der Waals surface area contributed by atoms with Crippen molar-refractivity contribution < 1.29 is 31.5 Å². The lowest BCUT2D eigenvalue weighted by Gasteiger charge is -2.29. The zero-order chi connectivity index (χ0) is 34.6. The molecule has 0 unspecified atom stereocenters. The number of sulfone groups is 1. The van der Waals surface area contributed by atoms with E-state index >= 15 is 0 Å². The Hall–Kier alpha value is -4.26. The van der Waals surface area contributed by atoms with Crippen molar-refractivity contribution in [3.05, 3.63) is 65.6 Å². The van der Waals surface area contributed by atoms with Gasteiger partial charge < -0.3 is 14.8 Å². The molecule has 4 aromatic rings. The maximum absolute atomic E-state index is 13.1. The van der Waals surface area contributed by atoms with Crippen LogP contribution in [0.4, 0.5) is 14.7 Å². The van der Waals surface area contributed by atoms with Gasteiger partial charge in [0.05, 0.1) is 28.9 Å². The van der Waals surface area contributed by atoms with E-state index in [0.29, 0.717) is 41.6 Å². The Morgan fingerprint density at radius 1 is 1.04 bits per heavy atom. The Morgan fingerprint density at radius 2 is 1.77 bits per heavy atom. The molecule has 0 aliphatic heterocycles. The minimum Gasteiger partial charge on any atom is -0.460 e. The van der Waals surface area contributed by atoms with Crippen LogP contribution in [0.1, 0.15) is 76.8 Å². The fraction of sp³-hybridized carbons (Fsp3) is 0.457. The lowest BCUT2D eigenvalue weighted by Crippen LogP contribution is -2.30. The minimum absolute atomic E-state index is 0.146. The van der Waals surface area contributed by atoms with E-state index in [0.717, 1.165) is 42.3 Å². The smallest absolute Gasteiger partial charge is 0.387 e. The summed E-state index contributed by atoms with van der Waals surface area (Å²) in [5.74, 6) is -0.196. The third-order valence-corrected chi connectivity index (χ3v) is 9.90. The monoisotopic (exact) mass is 681 g/mol. The third kappa shape index (κ3) is 8.80. The molecule has 1 fully saturated rings. The summed E-state index contributed by atoms with van der Waals surface area (Å²) in [6.07, 6.45) is 6.50. The number of rotatable bonds is 11. The van der Waals surface area contributed by atoms with Crippen LogP contribution in [-0.2, 0) is 31.5 Å². The summed E-state index contributed by atoms with van der Waals surface area (Å²) in [5.41, 5.74) is 4.07. The van der Waals surface area contributed by atoms with Gasteiger partial charge in [0, 0.05) is 23.7 Å². The summed E-state index contributed by atoms with van der Waals surface area (Å²) >= 11 is 0. The lowest BCUT2D eigenvalue weighted by molar-refractivity contribution is -0.156. The van der Waals surface area contributed by atoms with Gasteiger partial charge in [-0.1, -0.05) is 19.1 Å². The number of carbonyl (C=O) groups excluding carboxylic acids is 1. The predicted octanol–water partition coefficient (Wildman–Crippen LogP) is 7.24. The number of nitrogens with one attached hydrogen (secondary N) is 1. The maximum Gasteiger partial charge on any atom is 0.387 e. The van der Waals surface area contributed by atoms with Crippen molar-refractivity contribution in [2.45, 2.75) is 102 Å². The standard InChI is InChI=1S/C35H41F2N5O5S/c1-6-23-18-27(26-16-15-25(39-21(26)2)20-48(44,45)30-10-8-7-9-29(30)46-33(36)37)41-28-19-38-34(42-32(23)28)40-24-13-11-22(12-14-24)17-31(43)47-35(3,4)5/h7-10,15-16,18-19,22,24,33H,6,11-14,17,20H2,1-5H3,(H,38,40,42). The molecule has 1 aliphatic carbocycles. The van der Waals surface area contributed by atoms with Gasteiger partial charge in [-0.15, -0.1) is 0 Å². The number of alkyl halides is 2. The first-order valence-corrected chi connectivity index (χ1v) is 17.7. The Labute approximate surface area is 279 Å². The zero-order valence-corrected chi connectivity index (χ0v) is 28.6. The van der Waals surface area contributed by atoms with Gasteiger partial charge >= 0.3 is 12.6 Å². The summed E-state index contributed by atoms with van der Waals surface area (Å²) in [5, 5.41) is 3.47. The third-order valence-electron chi connectivity index (χ3n) is 8.22. The van der Waals surface area contributed by atoms with Crippen molar-refractivity contribution in [3.63, 3.8) is 0 Å². The van der Waals surface area contributed by atoms with E-state index < -0.39 is 33.6 Å².